The zero-order chi connectivity index (χ0) is 21.6. The second-order valence-corrected chi connectivity index (χ2v) is 8.97. The maximum Gasteiger partial charge on any atom is 0.267 e. The number of morpholine rings is 1. The molecule has 3 aromatic rings. The zero-order valence-electron chi connectivity index (χ0n) is 17.1. The number of furan rings is 1. The van der Waals surface area contributed by atoms with Gasteiger partial charge >= 0.3 is 0 Å². The van der Waals surface area contributed by atoms with E-state index >= 15 is 0 Å². The predicted molar refractivity (Wildman–Crippen MR) is 120 cm³/mol. The third-order valence-electron chi connectivity index (χ3n) is 4.93. The fourth-order valence-corrected chi connectivity index (χ4v) is 4.71. The number of amides is 2. The van der Waals surface area contributed by atoms with Crippen molar-refractivity contribution in [2.24, 2.45) is 0 Å². The quantitative estimate of drug-likeness (QED) is 0.536. The summed E-state index contributed by atoms with van der Waals surface area (Å²) in [4.78, 5) is 31.9. The highest BCUT2D eigenvalue weighted by Crippen LogP contribution is 2.23. The summed E-state index contributed by atoms with van der Waals surface area (Å²) in [6.45, 7) is 5.28. The third kappa shape index (κ3) is 5.79. The number of hydrogen-bond donors (Lipinski definition) is 2. The molecule has 2 amide bonds. The lowest BCUT2D eigenvalue weighted by Crippen LogP contribution is -2.44. The van der Waals surface area contributed by atoms with Gasteiger partial charge in [-0.15, -0.1) is 22.7 Å². The van der Waals surface area contributed by atoms with Crippen LogP contribution in [0.2, 0.25) is 0 Å². The molecule has 0 saturated carbocycles. The van der Waals surface area contributed by atoms with E-state index in [0.717, 1.165) is 24.6 Å². The lowest BCUT2D eigenvalue weighted by atomic mass is 10.1. The Hall–Kier alpha value is -2.53. The van der Waals surface area contributed by atoms with Gasteiger partial charge in [0, 0.05) is 25.0 Å². The van der Waals surface area contributed by atoms with Gasteiger partial charge in [0.15, 0.2) is 5.13 Å². The van der Waals surface area contributed by atoms with Gasteiger partial charge in [0.25, 0.3) is 5.91 Å². The maximum absolute atomic E-state index is 12.5. The first-order valence-corrected chi connectivity index (χ1v) is 11.8. The van der Waals surface area contributed by atoms with E-state index in [9.17, 15) is 9.59 Å². The highest BCUT2D eigenvalue weighted by atomic mass is 32.1. The Morgan fingerprint density at radius 2 is 2.06 bits per heavy atom. The van der Waals surface area contributed by atoms with Crippen LogP contribution in [0.1, 0.15) is 32.9 Å². The SMILES string of the molecule is Cc1ccc(C(CNC(=O)Cc2csc(NC(=O)c3cccs3)n2)N2CCOCC2)o1. The second kappa shape index (κ2) is 10.2. The van der Waals surface area contributed by atoms with E-state index in [1.807, 2.05) is 30.5 Å². The largest absolute Gasteiger partial charge is 0.465 e. The normalized spacial score (nSPS) is 15.5. The van der Waals surface area contributed by atoms with Gasteiger partial charge in [-0.1, -0.05) is 6.07 Å². The molecule has 0 spiro atoms. The van der Waals surface area contributed by atoms with Crippen molar-refractivity contribution in [1.82, 2.24) is 15.2 Å². The zero-order valence-corrected chi connectivity index (χ0v) is 18.8. The van der Waals surface area contributed by atoms with Gasteiger partial charge in [0.2, 0.25) is 5.91 Å². The number of rotatable bonds is 8. The number of nitrogens with one attached hydrogen (secondary N) is 2. The van der Waals surface area contributed by atoms with Crippen LogP contribution in [0.4, 0.5) is 5.13 Å². The van der Waals surface area contributed by atoms with Crippen LogP contribution in [0, 0.1) is 6.92 Å². The summed E-state index contributed by atoms with van der Waals surface area (Å²) in [5.74, 6) is 1.37. The van der Waals surface area contributed by atoms with E-state index in [4.69, 9.17) is 9.15 Å². The molecule has 1 aliphatic rings. The molecule has 1 aliphatic heterocycles. The van der Waals surface area contributed by atoms with Crippen molar-refractivity contribution in [3.05, 3.63) is 57.1 Å². The molecular formula is C21H24N4O4S2. The number of aryl methyl sites for hydroxylation is 1. The average Bonchev–Trinajstić information content (AvgIpc) is 3.52. The number of nitrogens with zero attached hydrogens (tertiary/aromatic N) is 2. The monoisotopic (exact) mass is 460 g/mol. The highest BCUT2D eigenvalue weighted by Gasteiger charge is 2.25. The molecule has 10 heteroatoms. The lowest BCUT2D eigenvalue weighted by molar-refractivity contribution is -0.120. The number of aromatic nitrogens is 1. The van der Waals surface area contributed by atoms with Crippen molar-refractivity contribution in [3.63, 3.8) is 0 Å². The van der Waals surface area contributed by atoms with Gasteiger partial charge < -0.3 is 14.5 Å². The molecular weight excluding hydrogens is 436 g/mol. The minimum Gasteiger partial charge on any atom is -0.465 e. The van der Waals surface area contributed by atoms with Gasteiger partial charge in [-0.2, -0.15) is 0 Å². The Kier molecular flexibility index (Phi) is 7.13. The molecule has 3 aromatic heterocycles. The summed E-state index contributed by atoms with van der Waals surface area (Å²) >= 11 is 2.68. The van der Waals surface area contributed by atoms with E-state index in [1.54, 1.807) is 11.4 Å². The minimum absolute atomic E-state index is 0.0439. The molecule has 31 heavy (non-hydrogen) atoms. The Morgan fingerprint density at radius 1 is 1.23 bits per heavy atom. The molecule has 164 valence electrons. The van der Waals surface area contributed by atoms with Crippen LogP contribution in [0.3, 0.4) is 0 Å². The Bertz CT molecular complexity index is 1010. The second-order valence-electron chi connectivity index (χ2n) is 7.17. The number of carbonyl (C=O) groups excluding carboxylic acids is 2. The molecule has 1 unspecified atom stereocenters. The summed E-state index contributed by atoms with van der Waals surface area (Å²) in [5, 5.41) is 9.90. The number of ether oxygens (including phenoxy) is 1. The van der Waals surface area contributed by atoms with Crippen LogP contribution < -0.4 is 10.6 Å². The van der Waals surface area contributed by atoms with Crippen LogP contribution in [0.5, 0.6) is 0 Å². The topological polar surface area (TPSA) is 96.7 Å². The first kappa shape index (κ1) is 21.7. The minimum atomic E-state index is -0.192. The smallest absolute Gasteiger partial charge is 0.267 e. The van der Waals surface area contributed by atoms with Crippen molar-refractivity contribution in [2.75, 3.05) is 38.2 Å². The molecule has 1 saturated heterocycles. The first-order chi connectivity index (χ1) is 15.1. The summed E-state index contributed by atoms with van der Waals surface area (Å²) < 4.78 is 11.3. The number of thiophene rings is 1. The lowest BCUT2D eigenvalue weighted by Gasteiger charge is -2.33. The van der Waals surface area contributed by atoms with Crippen LogP contribution in [-0.4, -0.2) is 54.5 Å². The number of hydrogen-bond acceptors (Lipinski definition) is 8. The average molecular weight is 461 g/mol. The van der Waals surface area contributed by atoms with Gasteiger partial charge in [-0.3, -0.25) is 19.8 Å². The van der Waals surface area contributed by atoms with Crippen molar-refractivity contribution in [1.29, 1.82) is 0 Å². The molecule has 2 N–H and O–H groups in total. The molecule has 0 aromatic carbocycles. The molecule has 0 radical (unpaired) electrons. The molecule has 0 aliphatic carbocycles. The molecule has 1 atom stereocenters. The number of thiazole rings is 1. The summed E-state index contributed by atoms with van der Waals surface area (Å²) in [6, 6.07) is 7.44. The van der Waals surface area contributed by atoms with Crippen LogP contribution >= 0.6 is 22.7 Å². The summed E-state index contributed by atoms with van der Waals surface area (Å²) in [7, 11) is 0. The third-order valence-corrected chi connectivity index (χ3v) is 6.60. The maximum atomic E-state index is 12.5. The fourth-order valence-electron chi connectivity index (χ4n) is 3.38. The van der Waals surface area contributed by atoms with Crippen LogP contribution in [0.25, 0.3) is 0 Å². The Morgan fingerprint density at radius 3 is 2.77 bits per heavy atom. The number of carbonyl (C=O) groups is 2. The van der Waals surface area contributed by atoms with E-state index in [2.05, 4.69) is 20.5 Å². The van der Waals surface area contributed by atoms with Gasteiger partial charge in [-0.25, -0.2) is 4.98 Å². The van der Waals surface area contributed by atoms with Crippen molar-refractivity contribution in [3.8, 4) is 0 Å². The Labute approximate surface area is 188 Å². The molecule has 0 bridgehead atoms. The molecule has 8 nitrogen and oxygen atoms in total. The van der Waals surface area contributed by atoms with Crippen molar-refractivity contribution >= 4 is 39.6 Å². The van der Waals surface area contributed by atoms with E-state index < -0.39 is 0 Å². The molecule has 4 heterocycles. The fraction of sp³-hybridized carbons (Fsp3) is 0.381. The van der Waals surface area contributed by atoms with Crippen molar-refractivity contribution in [2.45, 2.75) is 19.4 Å². The van der Waals surface area contributed by atoms with Crippen LogP contribution in [0.15, 0.2) is 39.4 Å². The predicted octanol–water partition coefficient (Wildman–Crippen LogP) is 3.09. The molecule has 1 fully saturated rings. The van der Waals surface area contributed by atoms with Gasteiger partial charge in [0.1, 0.15) is 11.5 Å². The van der Waals surface area contributed by atoms with Gasteiger partial charge in [-0.05, 0) is 30.5 Å². The molecule has 4 rings (SSSR count). The standard InChI is InChI=1S/C21H24N4O4S2/c1-14-4-5-17(29-14)16(25-6-8-28-9-7-25)12-22-19(26)11-15-13-31-21(23-15)24-20(27)18-3-2-10-30-18/h2-5,10,13,16H,6-9,11-12H2,1H3,(H,22,26)(H,23,24,27). The van der Waals surface area contributed by atoms with E-state index in [0.29, 0.717) is 35.5 Å². The van der Waals surface area contributed by atoms with E-state index in [1.165, 1.54) is 22.7 Å². The number of anilines is 1. The van der Waals surface area contributed by atoms with E-state index in [-0.39, 0.29) is 24.3 Å². The summed E-state index contributed by atoms with van der Waals surface area (Å²) in [6.07, 6.45) is 0.151. The first-order valence-electron chi connectivity index (χ1n) is 10.0. The van der Waals surface area contributed by atoms with Crippen molar-refractivity contribution < 1.29 is 18.7 Å². The summed E-state index contributed by atoms with van der Waals surface area (Å²) in [5.41, 5.74) is 0.626. The Balaban J connectivity index is 1.32. The van der Waals surface area contributed by atoms with Crippen LogP contribution in [-0.2, 0) is 16.0 Å². The van der Waals surface area contributed by atoms with Gasteiger partial charge in [0.05, 0.1) is 36.2 Å². The highest BCUT2D eigenvalue weighted by molar-refractivity contribution is 7.14.